The molecule has 1 aliphatic rings. The Morgan fingerprint density at radius 1 is 1.47 bits per heavy atom. The normalized spacial score (nSPS) is 21.9. The van der Waals surface area contributed by atoms with Crippen molar-refractivity contribution in [3.8, 4) is 0 Å². The standard InChI is InChI=1S/C15H22N2O2/c1-15(2)11-13(6-9-19-15)17(3)14(18)10-12-4-7-16-8-5-12/h4-5,7-8,13H,6,9-11H2,1-3H3. The highest BCUT2D eigenvalue weighted by atomic mass is 16.5. The van der Waals surface area contributed by atoms with Crippen molar-refractivity contribution in [3.05, 3.63) is 30.1 Å². The van der Waals surface area contributed by atoms with Crippen LogP contribution in [0.3, 0.4) is 0 Å². The molecular formula is C15H22N2O2. The predicted octanol–water partition coefficient (Wildman–Crippen LogP) is 2.04. The maximum atomic E-state index is 12.3. The lowest BCUT2D eigenvalue weighted by molar-refractivity contribution is -0.137. The molecule has 4 nitrogen and oxygen atoms in total. The monoisotopic (exact) mass is 262 g/mol. The van der Waals surface area contributed by atoms with Gasteiger partial charge in [-0.15, -0.1) is 0 Å². The van der Waals surface area contributed by atoms with Gasteiger partial charge in [0.15, 0.2) is 0 Å². The molecular weight excluding hydrogens is 240 g/mol. The van der Waals surface area contributed by atoms with E-state index >= 15 is 0 Å². The van der Waals surface area contributed by atoms with Crippen LogP contribution in [0.25, 0.3) is 0 Å². The van der Waals surface area contributed by atoms with Crippen molar-refractivity contribution in [3.63, 3.8) is 0 Å². The van der Waals surface area contributed by atoms with Crippen molar-refractivity contribution < 1.29 is 9.53 Å². The summed E-state index contributed by atoms with van der Waals surface area (Å²) in [6, 6.07) is 4.05. The molecule has 1 unspecified atom stereocenters. The van der Waals surface area contributed by atoms with Gasteiger partial charge in [-0.2, -0.15) is 0 Å². The molecule has 1 atom stereocenters. The first-order valence-corrected chi connectivity index (χ1v) is 6.76. The first-order valence-electron chi connectivity index (χ1n) is 6.76. The lowest BCUT2D eigenvalue weighted by atomic mass is 9.93. The third-order valence-corrected chi connectivity index (χ3v) is 3.72. The first kappa shape index (κ1) is 14.0. The third kappa shape index (κ3) is 3.77. The molecule has 1 aromatic rings. The molecule has 0 aromatic carbocycles. The summed E-state index contributed by atoms with van der Waals surface area (Å²) in [6.07, 6.45) is 5.70. The number of likely N-dealkylation sites (N-methyl/N-ethyl adjacent to an activating group) is 1. The number of hydrogen-bond donors (Lipinski definition) is 0. The molecule has 0 spiro atoms. The van der Waals surface area contributed by atoms with Gasteiger partial charge in [0.1, 0.15) is 0 Å². The summed E-state index contributed by atoms with van der Waals surface area (Å²) in [4.78, 5) is 18.1. The Labute approximate surface area is 114 Å². The van der Waals surface area contributed by atoms with Crippen LogP contribution in [-0.4, -0.2) is 41.1 Å². The summed E-state index contributed by atoms with van der Waals surface area (Å²) >= 11 is 0. The Kier molecular flexibility index (Phi) is 4.20. The van der Waals surface area contributed by atoms with Crippen molar-refractivity contribution in [2.24, 2.45) is 0 Å². The van der Waals surface area contributed by atoms with Gasteiger partial charge in [-0.05, 0) is 44.4 Å². The van der Waals surface area contributed by atoms with Gasteiger partial charge < -0.3 is 9.64 Å². The highest BCUT2D eigenvalue weighted by molar-refractivity contribution is 5.78. The van der Waals surface area contributed by atoms with Crippen LogP contribution in [0.1, 0.15) is 32.3 Å². The molecule has 0 radical (unpaired) electrons. The molecule has 0 saturated carbocycles. The molecule has 104 valence electrons. The number of pyridine rings is 1. The summed E-state index contributed by atoms with van der Waals surface area (Å²) in [5.74, 6) is 0.161. The zero-order chi connectivity index (χ0) is 13.9. The van der Waals surface area contributed by atoms with Crippen LogP contribution in [0.5, 0.6) is 0 Å². The Morgan fingerprint density at radius 2 is 2.16 bits per heavy atom. The fourth-order valence-corrected chi connectivity index (χ4v) is 2.53. The van der Waals surface area contributed by atoms with Crippen LogP contribution >= 0.6 is 0 Å². The molecule has 4 heteroatoms. The zero-order valence-electron chi connectivity index (χ0n) is 11.9. The van der Waals surface area contributed by atoms with E-state index in [1.807, 2.05) is 24.1 Å². The van der Waals surface area contributed by atoms with E-state index in [2.05, 4.69) is 18.8 Å². The molecule has 0 aliphatic carbocycles. The molecule has 2 heterocycles. The zero-order valence-corrected chi connectivity index (χ0v) is 11.9. The number of carbonyl (C=O) groups excluding carboxylic acids is 1. The van der Waals surface area contributed by atoms with Crippen LogP contribution in [0, 0.1) is 0 Å². The van der Waals surface area contributed by atoms with Gasteiger partial charge >= 0.3 is 0 Å². The first-order chi connectivity index (χ1) is 8.98. The van der Waals surface area contributed by atoms with Crippen molar-refractivity contribution in [1.82, 2.24) is 9.88 Å². The van der Waals surface area contributed by atoms with Crippen LogP contribution in [-0.2, 0) is 16.0 Å². The lowest BCUT2D eigenvalue weighted by Crippen LogP contribution is -2.47. The Bertz CT molecular complexity index is 431. The molecule has 2 rings (SSSR count). The van der Waals surface area contributed by atoms with Crippen LogP contribution in [0.4, 0.5) is 0 Å². The van der Waals surface area contributed by atoms with Gasteiger partial charge in [0.25, 0.3) is 0 Å². The van der Waals surface area contributed by atoms with Gasteiger partial charge in [-0.3, -0.25) is 9.78 Å². The highest BCUT2D eigenvalue weighted by Crippen LogP contribution is 2.27. The summed E-state index contributed by atoms with van der Waals surface area (Å²) < 4.78 is 5.70. The summed E-state index contributed by atoms with van der Waals surface area (Å²) in [5, 5.41) is 0. The third-order valence-electron chi connectivity index (χ3n) is 3.72. The fourth-order valence-electron chi connectivity index (χ4n) is 2.53. The second-order valence-corrected chi connectivity index (χ2v) is 5.79. The number of hydrogen-bond acceptors (Lipinski definition) is 3. The van der Waals surface area contributed by atoms with E-state index in [9.17, 15) is 4.79 Å². The van der Waals surface area contributed by atoms with E-state index in [0.717, 1.165) is 25.0 Å². The van der Waals surface area contributed by atoms with Gasteiger partial charge in [-0.25, -0.2) is 0 Å². The SMILES string of the molecule is CN(C(=O)Cc1ccncc1)C1CCOC(C)(C)C1. The Morgan fingerprint density at radius 3 is 2.79 bits per heavy atom. The second kappa shape index (κ2) is 5.70. The van der Waals surface area contributed by atoms with E-state index < -0.39 is 0 Å². The molecule has 1 fully saturated rings. The van der Waals surface area contributed by atoms with Crippen molar-refractivity contribution >= 4 is 5.91 Å². The van der Waals surface area contributed by atoms with Crippen LogP contribution in [0.2, 0.25) is 0 Å². The Balaban J connectivity index is 1.95. The topological polar surface area (TPSA) is 42.4 Å². The molecule has 1 amide bonds. The molecule has 0 bridgehead atoms. The van der Waals surface area contributed by atoms with E-state index in [0.29, 0.717) is 6.42 Å². The molecule has 0 N–H and O–H groups in total. The number of aromatic nitrogens is 1. The van der Waals surface area contributed by atoms with E-state index in [1.54, 1.807) is 12.4 Å². The quantitative estimate of drug-likeness (QED) is 0.837. The average molecular weight is 262 g/mol. The minimum Gasteiger partial charge on any atom is -0.375 e. The van der Waals surface area contributed by atoms with E-state index in [-0.39, 0.29) is 17.6 Å². The van der Waals surface area contributed by atoms with Crippen LogP contribution in [0.15, 0.2) is 24.5 Å². The summed E-state index contributed by atoms with van der Waals surface area (Å²) in [6.45, 7) is 4.89. The minimum absolute atomic E-state index is 0.131. The fraction of sp³-hybridized carbons (Fsp3) is 0.600. The van der Waals surface area contributed by atoms with Gasteiger partial charge in [-0.1, -0.05) is 0 Å². The van der Waals surface area contributed by atoms with E-state index in [4.69, 9.17) is 4.74 Å². The maximum absolute atomic E-state index is 12.3. The average Bonchev–Trinajstić information content (AvgIpc) is 2.38. The second-order valence-electron chi connectivity index (χ2n) is 5.79. The smallest absolute Gasteiger partial charge is 0.226 e. The number of ether oxygens (including phenoxy) is 1. The van der Waals surface area contributed by atoms with Crippen molar-refractivity contribution in [2.75, 3.05) is 13.7 Å². The van der Waals surface area contributed by atoms with E-state index in [1.165, 1.54) is 0 Å². The largest absolute Gasteiger partial charge is 0.375 e. The summed E-state index contributed by atoms with van der Waals surface area (Å²) in [5.41, 5.74) is 0.881. The number of carbonyl (C=O) groups is 1. The maximum Gasteiger partial charge on any atom is 0.226 e. The Hall–Kier alpha value is -1.42. The highest BCUT2D eigenvalue weighted by Gasteiger charge is 2.32. The van der Waals surface area contributed by atoms with Crippen molar-refractivity contribution in [1.29, 1.82) is 0 Å². The predicted molar refractivity (Wildman–Crippen MR) is 73.8 cm³/mol. The number of amides is 1. The number of nitrogens with zero attached hydrogens (tertiary/aromatic N) is 2. The van der Waals surface area contributed by atoms with Gasteiger partial charge in [0.2, 0.25) is 5.91 Å². The van der Waals surface area contributed by atoms with Crippen LogP contribution < -0.4 is 0 Å². The molecule has 1 saturated heterocycles. The molecule has 1 aromatic heterocycles. The molecule has 1 aliphatic heterocycles. The number of rotatable bonds is 3. The molecule has 19 heavy (non-hydrogen) atoms. The summed E-state index contributed by atoms with van der Waals surface area (Å²) in [7, 11) is 1.90. The van der Waals surface area contributed by atoms with Crippen molar-refractivity contribution in [2.45, 2.75) is 44.8 Å². The van der Waals surface area contributed by atoms with Gasteiger partial charge in [0.05, 0.1) is 12.0 Å². The van der Waals surface area contributed by atoms with Gasteiger partial charge in [0, 0.05) is 32.1 Å². The minimum atomic E-state index is -0.131. The lowest BCUT2D eigenvalue weighted by Gasteiger charge is -2.39.